The molecule has 1 rings (SSSR count). The quantitative estimate of drug-likeness (QED) is 0.650. The molecular formula is C8H13N3O2. The van der Waals surface area contributed by atoms with Gasteiger partial charge in [0.25, 0.3) is 0 Å². The number of aromatic nitrogens is 2. The fourth-order valence-corrected chi connectivity index (χ4v) is 0.944. The van der Waals surface area contributed by atoms with Crippen molar-refractivity contribution < 1.29 is 9.53 Å². The summed E-state index contributed by atoms with van der Waals surface area (Å²) in [5.74, 6) is -0.260. The molecule has 0 saturated carbocycles. The molecule has 1 aromatic heterocycles. The standard InChI is InChI=1S/C8H13N3O2/c1-11-6-7(4-10-11)3-9-5-8(12)13-2/h4,6,9H,3,5H2,1-2H3. The second-order valence-corrected chi connectivity index (χ2v) is 2.70. The Morgan fingerprint density at radius 1 is 1.77 bits per heavy atom. The molecule has 0 aliphatic rings. The summed E-state index contributed by atoms with van der Waals surface area (Å²) in [5, 5.41) is 6.93. The Kier molecular flexibility index (Phi) is 3.45. The van der Waals surface area contributed by atoms with Gasteiger partial charge in [0.2, 0.25) is 0 Å². The number of carbonyl (C=O) groups excluding carboxylic acids is 1. The summed E-state index contributed by atoms with van der Waals surface area (Å²) < 4.78 is 6.19. The number of ether oxygens (including phenoxy) is 1. The molecular weight excluding hydrogens is 170 g/mol. The predicted octanol–water partition coefficient (Wildman–Crippen LogP) is -0.317. The van der Waals surface area contributed by atoms with Gasteiger partial charge in [-0.15, -0.1) is 0 Å². The summed E-state index contributed by atoms with van der Waals surface area (Å²) in [4.78, 5) is 10.7. The summed E-state index contributed by atoms with van der Waals surface area (Å²) >= 11 is 0. The lowest BCUT2D eigenvalue weighted by atomic mass is 10.3. The largest absolute Gasteiger partial charge is 0.468 e. The lowest BCUT2D eigenvalue weighted by molar-refractivity contribution is -0.139. The molecule has 0 amide bonds. The summed E-state index contributed by atoms with van der Waals surface area (Å²) in [5.41, 5.74) is 1.05. The van der Waals surface area contributed by atoms with Crippen LogP contribution in [-0.4, -0.2) is 29.4 Å². The number of hydrogen-bond acceptors (Lipinski definition) is 4. The molecule has 1 heterocycles. The van der Waals surface area contributed by atoms with E-state index in [1.807, 2.05) is 13.2 Å². The minimum absolute atomic E-state index is 0.228. The number of carbonyl (C=O) groups is 1. The number of nitrogens with zero attached hydrogens (tertiary/aromatic N) is 2. The first-order valence-corrected chi connectivity index (χ1v) is 3.97. The second kappa shape index (κ2) is 4.61. The molecule has 1 N–H and O–H groups in total. The first kappa shape index (κ1) is 9.73. The van der Waals surface area contributed by atoms with Crippen molar-refractivity contribution in [1.82, 2.24) is 15.1 Å². The lowest BCUT2D eigenvalue weighted by Gasteiger charge is -2.00. The van der Waals surface area contributed by atoms with Crippen molar-refractivity contribution in [3.63, 3.8) is 0 Å². The number of aryl methyl sites for hydroxylation is 1. The lowest BCUT2D eigenvalue weighted by Crippen LogP contribution is -2.23. The summed E-state index contributed by atoms with van der Waals surface area (Å²) in [6, 6.07) is 0. The Bertz CT molecular complexity index is 283. The van der Waals surface area contributed by atoms with Gasteiger partial charge >= 0.3 is 5.97 Å². The van der Waals surface area contributed by atoms with Gasteiger partial charge in [0.05, 0.1) is 19.9 Å². The third-order valence-corrected chi connectivity index (χ3v) is 1.58. The highest BCUT2D eigenvalue weighted by atomic mass is 16.5. The zero-order valence-electron chi connectivity index (χ0n) is 7.78. The third-order valence-electron chi connectivity index (χ3n) is 1.58. The SMILES string of the molecule is COC(=O)CNCc1cnn(C)c1. The fraction of sp³-hybridized carbons (Fsp3) is 0.500. The van der Waals surface area contributed by atoms with Gasteiger partial charge in [-0.2, -0.15) is 5.10 Å². The molecule has 0 unspecified atom stereocenters. The Morgan fingerprint density at radius 3 is 3.08 bits per heavy atom. The normalized spacial score (nSPS) is 10.0. The van der Waals surface area contributed by atoms with E-state index in [1.165, 1.54) is 7.11 Å². The molecule has 5 nitrogen and oxygen atoms in total. The van der Waals surface area contributed by atoms with Crippen LogP contribution >= 0.6 is 0 Å². The van der Waals surface area contributed by atoms with Crippen molar-refractivity contribution in [2.75, 3.05) is 13.7 Å². The zero-order valence-corrected chi connectivity index (χ0v) is 7.78. The first-order chi connectivity index (χ1) is 6.22. The molecule has 1 aromatic rings. The number of rotatable bonds is 4. The number of esters is 1. The molecule has 0 atom stereocenters. The highest BCUT2D eigenvalue weighted by Crippen LogP contribution is 1.94. The van der Waals surface area contributed by atoms with Crippen molar-refractivity contribution in [3.8, 4) is 0 Å². The van der Waals surface area contributed by atoms with Crippen LogP contribution in [0.15, 0.2) is 12.4 Å². The van der Waals surface area contributed by atoms with Crippen LogP contribution in [0.3, 0.4) is 0 Å². The van der Waals surface area contributed by atoms with Gasteiger partial charge in [-0.1, -0.05) is 0 Å². The molecule has 13 heavy (non-hydrogen) atoms. The highest BCUT2D eigenvalue weighted by Gasteiger charge is 1.99. The highest BCUT2D eigenvalue weighted by molar-refractivity contribution is 5.71. The van der Waals surface area contributed by atoms with Crippen LogP contribution in [0.2, 0.25) is 0 Å². The smallest absolute Gasteiger partial charge is 0.319 e. The maximum absolute atomic E-state index is 10.7. The van der Waals surface area contributed by atoms with Crippen LogP contribution in [0.1, 0.15) is 5.56 Å². The first-order valence-electron chi connectivity index (χ1n) is 3.97. The van der Waals surface area contributed by atoms with Gasteiger partial charge in [-0.3, -0.25) is 9.48 Å². The molecule has 0 aliphatic carbocycles. The minimum Gasteiger partial charge on any atom is -0.468 e. The predicted molar refractivity (Wildman–Crippen MR) is 46.9 cm³/mol. The van der Waals surface area contributed by atoms with Crippen LogP contribution in [-0.2, 0) is 23.1 Å². The van der Waals surface area contributed by atoms with Crippen molar-refractivity contribution in [2.45, 2.75) is 6.54 Å². The topological polar surface area (TPSA) is 56.1 Å². The second-order valence-electron chi connectivity index (χ2n) is 2.70. The van der Waals surface area contributed by atoms with E-state index in [0.29, 0.717) is 6.54 Å². The average molecular weight is 183 g/mol. The average Bonchev–Trinajstić information content (AvgIpc) is 2.51. The zero-order chi connectivity index (χ0) is 9.68. The summed E-state index contributed by atoms with van der Waals surface area (Å²) in [7, 11) is 3.22. The van der Waals surface area contributed by atoms with Crippen molar-refractivity contribution in [2.24, 2.45) is 7.05 Å². The van der Waals surface area contributed by atoms with E-state index in [0.717, 1.165) is 5.56 Å². The van der Waals surface area contributed by atoms with Gasteiger partial charge < -0.3 is 10.1 Å². The minimum atomic E-state index is -0.260. The molecule has 0 aromatic carbocycles. The van der Waals surface area contributed by atoms with Crippen LogP contribution in [0.4, 0.5) is 0 Å². The van der Waals surface area contributed by atoms with Crippen LogP contribution in [0, 0.1) is 0 Å². The number of hydrogen-bond donors (Lipinski definition) is 1. The summed E-state index contributed by atoms with van der Waals surface area (Å²) in [6.07, 6.45) is 3.65. The molecule has 72 valence electrons. The van der Waals surface area contributed by atoms with Gasteiger partial charge in [0, 0.05) is 25.4 Å². The third kappa shape index (κ3) is 3.25. The molecule has 5 heteroatoms. The number of methoxy groups -OCH3 is 1. The van der Waals surface area contributed by atoms with E-state index >= 15 is 0 Å². The Labute approximate surface area is 76.7 Å². The molecule has 0 bridgehead atoms. The van der Waals surface area contributed by atoms with E-state index in [4.69, 9.17) is 0 Å². The van der Waals surface area contributed by atoms with Crippen molar-refractivity contribution in [1.29, 1.82) is 0 Å². The molecule has 0 fully saturated rings. The Hall–Kier alpha value is -1.36. The maximum atomic E-state index is 10.7. The Balaban J connectivity index is 2.24. The van der Waals surface area contributed by atoms with E-state index in [9.17, 15) is 4.79 Å². The van der Waals surface area contributed by atoms with Gasteiger partial charge in [-0.25, -0.2) is 0 Å². The van der Waals surface area contributed by atoms with E-state index in [-0.39, 0.29) is 12.5 Å². The maximum Gasteiger partial charge on any atom is 0.319 e. The molecule has 0 aliphatic heterocycles. The van der Waals surface area contributed by atoms with Gasteiger partial charge in [0.1, 0.15) is 0 Å². The van der Waals surface area contributed by atoms with E-state index in [1.54, 1.807) is 10.9 Å². The van der Waals surface area contributed by atoms with E-state index < -0.39 is 0 Å². The molecule has 0 spiro atoms. The summed E-state index contributed by atoms with van der Waals surface area (Å²) in [6.45, 7) is 0.855. The monoisotopic (exact) mass is 183 g/mol. The number of nitrogens with one attached hydrogen (secondary N) is 1. The van der Waals surface area contributed by atoms with Crippen LogP contribution < -0.4 is 5.32 Å². The van der Waals surface area contributed by atoms with Gasteiger partial charge in [0.15, 0.2) is 0 Å². The van der Waals surface area contributed by atoms with Crippen LogP contribution in [0.25, 0.3) is 0 Å². The van der Waals surface area contributed by atoms with E-state index in [2.05, 4.69) is 15.2 Å². The fourth-order valence-electron chi connectivity index (χ4n) is 0.944. The molecule has 0 radical (unpaired) electrons. The van der Waals surface area contributed by atoms with Crippen molar-refractivity contribution in [3.05, 3.63) is 18.0 Å². The molecule has 0 saturated heterocycles. The Morgan fingerprint density at radius 2 is 2.54 bits per heavy atom. The van der Waals surface area contributed by atoms with Gasteiger partial charge in [-0.05, 0) is 0 Å². The van der Waals surface area contributed by atoms with Crippen LogP contribution in [0.5, 0.6) is 0 Å². The van der Waals surface area contributed by atoms with Crippen molar-refractivity contribution >= 4 is 5.97 Å².